The zero-order valence-electron chi connectivity index (χ0n) is 16.1. The lowest BCUT2D eigenvalue weighted by Gasteiger charge is -2.03. The third-order valence-electron chi connectivity index (χ3n) is 4.16. The number of nitro benzene ring substituents is 1. The van der Waals surface area contributed by atoms with Gasteiger partial charge < -0.3 is 9.30 Å². The summed E-state index contributed by atoms with van der Waals surface area (Å²) < 4.78 is 6.89. The number of methoxy groups -OCH3 is 1. The Morgan fingerprint density at radius 2 is 2.00 bits per heavy atom. The predicted molar refractivity (Wildman–Crippen MR) is 115 cm³/mol. The largest absolute Gasteiger partial charge is 0.468 e. The number of benzene rings is 2. The molecular formula is C20H19N3O5S2. The number of hydrogen-bond acceptors (Lipinski definition) is 7. The Labute approximate surface area is 180 Å². The molecule has 8 nitrogen and oxygen atoms in total. The van der Waals surface area contributed by atoms with Crippen molar-refractivity contribution in [1.29, 1.82) is 0 Å². The van der Waals surface area contributed by atoms with Crippen LogP contribution >= 0.6 is 23.1 Å². The molecule has 0 bridgehead atoms. The molecule has 3 aromatic rings. The normalized spacial score (nSPS) is 11.6. The number of nitrogens with zero attached hydrogens (tertiary/aromatic N) is 3. The second-order valence-corrected chi connectivity index (χ2v) is 8.40. The third kappa shape index (κ3) is 5.55. The fraction of sp³-hybridized carbons (Fsp3) is 0.250. The number of nitro groups is 1. The van der Waals surface area contributed by atoms with Crippen LogP contribution in [0.4, 0.5) is 5.69 Å². The summed E-state index contributed by atoms with van der Waals surface area (Å²) >= 11 is 2.87. The van der Waals surface area contributed by atoms with Crippen LogP contribution in [0.1, 0.15) is 12.8 Å². The first-order chi connectivity index (χ1) is 14.5. The number of thiazole rings is 1. The molecule has 0 aliphatic carbocycles. The van der Waals surface area contributed by atoms with E-state index >= 15 is 0 Å². The molecule has 1 heterocycles. The van der Waals surface area contributed by atoms with Crippen molar-refractivity contribution in [2.75, 3.05) is 12.9 Å². The van der Waals surface area contributed by atoms with Crippen molar-refractivity contribution in [1.82, 2.24) is 4.57 Å². The maximum Gasteiger partial charge on any atom is 0.325 e. The van der Waals surface area contributed by atoms with Crippen LogP contribution in [0.2, 0.25) is 0 Å². The van der Waals surface area contributed by atoms with Gasteiger partial charge >= 0.3 is 5.97 Å². The van der Waals surface area contributed by atoms with E-state index in [1.165, 1.54) is 35.1 Å². The van der Waals surface area contributed by atoms with Crippen LogP contribution in [0.3, 0.4) is 0 Å². The Bertz CT molecular complexity index is 1140. The number of hydrogen-bond donors (Lipinski definition) is 0. The number of fused-ring (bicyclic) bond motifs is 1. The fourth-order valence-electron chi connectivity index (χ4n) is 2.70. The molecule has 30 heavy (non-hydrogen) atoms. The maximum absolute atomic E-state index is 12.4. The van der Waals surface area contributed by atoms with E-state index in [1.54, 1.807) is 17.8 Å². The molecule has 2 aromatic carbocycles. The minimum Gasteiger partial charge on any atom is -0.468 e. The molecule has 1 aromatic heterocycles. The Morgan fingerprint density at radius 3 is 2.70 bits per heavy atom. The van der Waals surface area contributed by atoms with Crippen molar-refractivity contribution in [3.05, 3.63) is 63.4 Å². The summed E-state index contributed by atoms with van der Waals surface area (Å²) in [6.45, 7) is -0.187. The van der Waals surface area contributed by atoms with Crippen molar-refractivity contribution in [3.63, 3.8) is 0 Å². The minimum atomic E-state index is -0.533. The summed E-state index contributed by atoms with van der Waals surface area (Å²) in [5, 5.41) is 11.1. The number of thioether (sulfide) groups is 1. The van der Waals surface area contributed by atoms with Crippen LogP contribution in [0.15, 0.2) is 58.4 Å². The quantitative estimate of drug-likeness (QED) is 0.172. The third-order valence-corrected chi connectivity index (χ3v) is 6.32. The first kappa shape index (κ1) is 21.7. The predicted octanol–water partition coefficient (Wildman–Crippen LogP) is 3.78. The summed E-state index contributed by atoms with van der Waals surface area (Å²) in [6, 6.07) is 14.3. The highest BCUT2D eigenvalue weighted by atomic mass is 32.2. The molecule has 0 saturated carbocycles. The molecule has 0 aliphatic rings. The molecular weight excluding hydrogens is 426 g/mol. The van der Waals surface area contributed by atoms with Crippen LogP contribution in [0.25, 0.3) is 10.2 Å². The van der Waals surface area contributed by atoms with Crippen LogP contribution in [0.5, 0.6) is 0 Å². The van der Waals surface area contributed by atoms with Crippen molar-refractivity contribution in [2.45, 2.75) is 24.3 Å². The van der Waals surface area contributed by atoms with Gasteiger partial charge in [0.2, 0.25) is 5.91 Å². The number of esters is 1. The molecule has 0 atom stereocenters. The number of ether oxygens (including phenoxy) is 1. The zero-order chi connectivity index (χ0) is 21.5. The fourth-order valence-corrected chi connectivity index (χ4v) is 4.60. The number of amides is 1. The summed E-state index contributed by atoms with van der Waals surface area (Å²) in [5.74, 6) is -0.0517. The second-order valence-electron chi connectivity index (χ2n) is 6.23. The van der Waals surface area contributed by atoms with Crippen molar-refractivity contribution in [3.8, 4) is 0 Å². The van der Waals surface area contributed by atoms with E-state index in [9.17, 15) is 19.7 Å². The van der Waals surface area contributed by atoms with Crippen molar-refractivity contribution >= 4 is 50.9 Å². The van der Waals surface area contributed by atoms with E-state index in [0.717, 1.165) is 10.6 Å². The Morgan fingerprint density at radius 1 is 1.23 bits per heavy atom. The van der Waals surface area contributed by atoms with Crippen LogP contribution < -0.4 is 4.80 Å². The summed E-state index contributed by atoms with van der Waals surface area (Å²) in [4.78, 5) is 40.4. The van der Waals surface area contributed by atoms with Gasteiger partial charge in [0.15, 0.2) is 4.80 Å². The second kappa shape index (κ2) is 10.2. The molecule has 156 valence electrons. The van der Waals surface area contributed by atoms with Gasteiger partial charge in [0.25, 0.3) is 5.69 Å². The Kier molecular flexibility index (Phi) is 7.36. The Balaban J connectivity index is 1.79. The highest BCUT2D eigenvalue weighted by Crippen LogP contribution is 2.23. The van der Waals surface area contributed by atoms with Crippen LogP contribution in [-0.4, -0.2) is 34.2 Å². The first-order valence-corrected chi connectivity index (χ1v) is 10.9. The van der Waals surface area contributed by atoms with Gasteiger partial charge in [-0.1, -0.05) is 29.5 Å². The average molecular weight is 446 g/mol. The number of non-ortho nitro benzene ring substituents is 1. The van der Waals surface area contributed by atoms with Crippen LogP contribution in [-0.2, 0) is 20.9 Å². The molecule has 0 fully saturated rings. The molecule has 0 radical (unpaired) electrons. The average Bonchev–Trinajstić information content (AvgIpc) is 3.07. The maximum atomic E-state index is 12.4. The van der Waals surface area contributed by atoms with Crippen LogP contribution in [0, 0.1) is 10.1 Å². The van der Waals surface area contributed by atoms with E-state index in [2.05, 4.69) is 4.99 Å². The molecule has 10 heteroatoms. The lowest BCUT2D eigenvalue weighted by molar-refractivity contribution is -0.384. The SMILES string of the molecule is COC(=O)Cn1c(=NC(=O)CCCSc2ccccc2)sc2ccc([N+](=O)[O-])cc21. The summed E-state index contributed by atoms with van der Waals surface area (Å²) in [7, 11) is 1.26. The zero-order valence-corrected chi connectivity index (χ0v) is 17.8. The van der Waals surface area contributed by atoms with E-state index < -0.39 is 10.9 Å². The van der Waals surface area contributed by atoms with Gasteiger partial charge in [0.1, 0.15) is 6.54 Å². The standard InChI is InChI=1S/C20H19N3O5S2/c1-28-19(25)13-22-16-12-14(23(26)27)9-10-17(16)30-20(22)21-18(24)8-5-11-29-15-6-3-2-4-7-15/h2-4,6-7,9-10,12H,5,8,11,13H2,1H3. The molecule has 0 unspecified atom stereocenters. The smallest absolute Gasteiger partial charge is 0.325 e. The van der Waals surface area contributed by atoms with E-state index in [4.69, 9.17) is 4.74 Å². The minimum absolute atomic E-state index is 0.102. The lowest BCUT2D eigenvalue weighted by atomic mass is 10.3. The molecule has 0 spiro atoms. The van der Waals surface area contributed by atoms with Gasteiger partial charge in [-0.05, 0) is 30.4 Å². The first-order valence-electron chi connectivity index (χ1n) is 9.08. The van der Waals surface area contributed by atoms with Crippen molar-refractivity contribution in [2.24, 2.45) is 4.99 Å². The topological polar surface area (TPSA) is 104 Å². The summed E-state index contributed by atoms with van der Waals surface area (Å²) in [6.07, 6.45) is 0.932. The van der Waals surface area contributed by atoms with Gasteiger partial charge in [-0.3, -0.25) is 19.7 Å². The highest BCUT2D eigenvalue weighted by molar-refractivity contribution is 7.99. The number of carbonyl (C=O) groups is 2. The van der Waals surface area contributed by atoms with Crippen molar-refractivity contribution < 1.29 is 19.2 Å². The molecule has 3 rings (SSSR count). The Hall–Kier alpha value is -2.98. The molecule has 0 aliphatic heterocycles. The monoisotopic (exact) mass is 445 g/mol. The van der Waals surface area contributed by atoms with Gasteiger partial charge in [-0.15, -0.1) is 11.8 Å². The molecule has 0 N–H and O–H groups in total. The number of carbonyl (C=O) groups excluding carboxylic acids is 2. The molecule has 1 amide bonds. The van der Waals surface area contributed by atoms with E-state index in [0.29, 0.717) is 21.4 Å². The van der Waals surface area contributed by atoms with E-state index in [1.807, 2.05) is 30.3 Å². The lowest BCUT2D eigenvalue weighted by Crippen LogP contribution is -2.22. The van der Waals surface area contributed by atoms with Gasteiger partial charge in [0.05, 0.1) is 22.2 Å². The number of rotatable bonds is 8. The highest BCUT2D eigenvalue weighted by Gasteiger charge is 2.15. The molecule has 0 saturated heterocycles. The van der Waals surface area contributed by atoms with Gasteiger partial charge in [-0.2, -0.15) is 4.99 Å². The van der Waals surface area contributed by atoms with Gasteiger partial charge in [-0.25, -0.2) is 0 Å². The van der Waals surface area contributed by atoms with Gasteiger partial charge in [0, 0.05) is 23.4 Å². The summed E-state index contributed by atoms with van der Waals surface area (Å²) in [5.41, 5.74) is 0.362. The van der Waals surface area contributed by atoms with E-state index in [-0.39, 0.29) is 24.6 Å². The number of aromatic nitrogens is 1.